The minimum Gasteiger partial charge on any atom is -0.0843 e. The number of hydrogen-bond donors (Lipinski definition) is 0. The third kappa shape index (κ3) is 2.20. The van der Waals surface area contributed by atoms with Crippen molar-refractivity contribution in [2.45, 2.75) is 0 Å². The lowest BCUT2D eigenvalue weighted by Crippen LogP contribution is -1.89. The maximum absolute atomic E-state index is 6.28. The van der Waals surface area contributed by atoms with Crippen LogP contribution in [0.4, 0.5) is 0 Å². The topological polar surface area (TPSA) is 0 Å². The van der Waals surface area contributed by atoms with E-state index in [1.54, 1.807) is 0 Å². The first kappa shape index (κ1) is 14.0. The van der Waals surface area contributed by atoms with E-state index in [1.165, 1.54) is 36.2 Å². The summed E-state index contributed by atoms with van der Waals surface area (Å²) in [4.78, 5) is 0. The normalized spacial score (nSPS) is 11.2. The molecule has 4 aromatic carbocycles. The minimum absolute atomic E-state index is 0.774. The second-order valence-corrected chi connectivity index (χ2v) is 6.81. The molecular weight excluding hydrogens is 403 g/mol. The van der Waals surface area contributed by atoms with E-state index in [0.717, 1.165) is 5.02 Å². The first-order valence-corrected chi connectivity index (χ1v) is 8.56. The molecule has 0 aliphatic rings. The fourth-order valence-corrected chi connectivity index (χ4v) is 4.25. The van der Waals surface area contributed by atoms with E-state index in [-0.39, 0.29) is 0 Å². The monoisotopic (exact) mass is 414 g/mol. The van der Waals surface area contributed by atoms with Crippen LogP contribution in [0.25, 0.3) is 32.7 Å². The first-order chi connectivity index (χ1) is 10.8. The van der Waals surface area contributed by atoms with Gasteiger partial charge in [0.2, 0.25) is 0 Å². The first-order valence-electron chi connectivity index (χ1n) is 7.10. The molecule has 0 bridgehead atoms. The quantitative estimate of drug-likeness (QED) is 0.234. The lowest BCUT2D eigenvalue weighted by Gasteiger charge is -2.14. The fraction of sp³-hybridized carbons (Fsp3) is 0. The van der Waals surface area contributed by atoms with Crippen LogP contribution >= 0.6 is 34.2 Å². The van der Waals surface area contributed by atoms with Crippen molar-refractivity contribution in [2.24, 2.45) is 0 Å². The molecule has 0 radical (unpaired) electrons. The van der Waals surface area contributed by atoms with E-state index in [0.29, 0.717) is 0 Å². The molecule has 0 unspecified atom stereocenters. The van der Waals surface area contributed by atoms with Crippen LogP contribution < -0.4 is 0 Å². The van der Waals surface area contributed by atoms with Crippen LogP contribution in [0.1, 0.15) is 0 Å². The van der Waals surface area contributed by atoms with Crippen molar-refractivity contribution in [3.05, 3.63) is 81.4 Å². The summed E-state index contributed by atoms with van der Waals surface area (Å²) in [6.45, 7) is 0. The van der Waals surface area contributed by atoms with Crippen molar-refractivity contribution in [3.63, 3.8) is 0 Å². The van der Waals surface area contributed by atoms with Gasteiger partial charge >= 0.3 is 0 Å². The largest absolute Gasteiger partial charge is 0.0843 e. The maximum Gasteiger partial charge on any atom is 0.0412 e. The highest BCUT2D eigenvalue weighted by molar-refractivity contribution is 14.1. The van der Waals surface area contributed by atoms with Gasteiger partial charge in [-0.1, -0.05) is 72.3 Å². The van der Waals surface area contributed by atoms with Gasteiger partial charge in [-0.3, -0.25) is 0 Å². The maximum atomic E-state index is 6.28. The molecule has 0 spiro atoms. The summed E-state index contributed by atoms with van der Waals surface area (Å²) in [7, 11) is 0. The Morgan fingerprint density at radius 1 is 0.636 bits per heavy atom. The van der Waals surface area contributed by atoms with Gasteiger partial charge in [0, 0.05) is 14.2 Å². The smallest absolute Gasteiger partial charge is 0.0412 e. The number of hydrogen-bond acceptors (Lipinski definition) is 0. The summed E-state index contributed by atoms with van der Waals surface area (Å²) < 4.78 is 1.27. The zero-order chi connectivity index (χ0) is 15.1. The molecule has 0 heterocycles. The molecule has 22 heavy (non-hydrogen) atoms. The van der Waals surface area contributed by atoms with Gasteiger partial charge in [0.1, 0.15) is 0 Å². The Morgan fingerprint density at radius 3 is 2.05 bits per heavy atom. The van der Waals surface area contributed by atoms with Gasteiger partial charge in [-0.25, -0.2) is 0 Å². The van der Waals surface area contributed by atoms with Crippen molar-refractivity contribution < 1.29 is 0 Å². The SMILES string of the molecule is Clc1ccc2c(c1)c(-c1ccccc1)c(I)c1ccccc12. The van der Waals surface area contributed by atoms with Gasteiger partial charge < -0.3 is 0 Å². The Kier molecular flexibility index (Phi) is 3.55. The molecule has 4 aromatic rings. The molecule has 0 saturated heterocycles. The lowest BCUT2D eigenvalue weighted by molar-refractivity contribution is 1.64. The highest BCUT2D eigenvalue weighted by Crippen LogP contribution is 2.40. The van der Waals surface area contributed by atoms with E-state index >= 15 is 0 Å². The van der Waals surface area contributed by atoms with Crippen molar-refractivity contribution >= 4 is 55.7 Å². The molecule has 0 aliphatic heterocycles. The van der Waals surface area contributed by atoms with E-state index < -0.39 is 0 Å². The van der Waals surface area contributed by atoms with Gasteiger partial charge in [-0.2, -0.15) is 0 Å². The molecule has 0 N–H and O–H groups in total. The van der Waals surface area contributed by atoms with Crippen LogP contribution in [0.5, 0.6) is 0 Å². The predicted octanol–water partition coefficient (Wildman–Crippen LogP) is 6.92. The zero-order valence-electron chi connectivity index (χ0n) is 11.7. The summed E-state index contributed by atoms with van der Waals surface area (Å²) in [5.41, 5.74) is 2.49. The second-order valence-electron chi connectivity index (χ2n) is 5.29. The molecule has 0 fully saturated rings. The molecule has 0 amide bonds. The summed E-state index contributed by atoms with van der Waals surface area (Å²) in [5.74, 6) is 0. The average Bonchev–Trinajstić information content (AvgIpc) is 2.56. The molecule has 0 aromatic heterocycles. The standard InChI is InChI=1S/C20H12ClI/c21-14-10-11-16-15-8-4-5-9-17(15)20(22)19(18(16)12-14)13-6-2-1-3-7-13/h1-12H. The third-order valence-corrected chi connectivity index (χ3v) is 5.34. The van der Waals surface area contributed by atoms with E-state index in [2.05, 4.69) is 83.3 Å². The molecule has 2 heteroatoms. The molecule has 4 rings (SSSR count). The van der Waals surface area contributed by atoms with Crippen molar-refractivity contribution in [1.82, 2.24) is 0 Å². The van der Waals surface area contributed by atoms with Gasteiger partial charge in [0.15, 0.2) is 0 Å². The van der Waals surface area contributed by atoms with Crippen LogP contribution in [-0.2, 0) is 0 Å². The van der Waals surface area contributed by atoms with Gasteiger partial charge in [-0.15, -0.1) is 0 Å². The van der Waals surface area contributed by atoms with E-state index in [9.17, 15) is 0 Å². The highest BCUT2D eigenvalue weighted by atomic mass is 127. The Bertz CT molecular complexity index is 991. The summed E-state index contributed by atoms with van der Waals surface area (Å²) in [6.07, 6.45) is 0. The Labute approximate surface area is 147 Å². The number of fused-ring (bicyclic) bond motifs is 3. The van der Waals surface area contributed by atoms with Crippen LogP contribution in [0.2, 0.25) is 5.02 Å². The van der Waals surface area contributed by atoms with Gasteiger partial charge in [0.05, 0.1) is 0 Å². The summed E-state index contributed by atoms with van der Waals surface area (Å²) >= 11 is 8.74. The molecule has 106 valence electrons. The molecule has 0 atom stereocenters. The van der Waals surface area contributed by atoms with Crippen molar-refractivity contribution in [3.8, 4) is 11.1 Å². The summed E-state index contributed by atoms with van der Waals surface area (Å²) in [6, 6.07) is 25.3. The fourth-order valence-electron chi connectivity index (χ4n) is 3.01. The minimum atomic E-state index is 0.774. The zero-order valence-corrected chi connectivity index (χ0v) is 14.6. The average molecular weight is 415 g/mol. The van der Waals surface area contributed by atoms with Crippen LogP contribution in [-0.4, -0.2) is 0 Å². The number of benzene rings is 4. The van der Waals surface area contributed by atoms with Crippen LogP contribution in [0.3, 0.4) is 0 Å². The second kappa shape index (κ2) is 5.56. The van der Waals surface area contributed by atoms with Crippen LogP contribution in [0.15, 0.2) is 72.8 Å². The van der Waals surface area contributed by atoms with Crippen LogP contribution in [0, 0.1) is 3.57 Å². The molecule has 0 aliphatic carbocycles. The Morgan fingerprint density at radius 2 is 1.27 bits per heavy atom. The summed E-state index contributed by atoms with van der Waals surface area (Å²) in [5, 5.41) is 5.80. The van der Waals surface area contributed by atoms with E-state index in [4.69, 9.17) is 11.6 Å². The number of rotatable bonds is 1. The van der Waals surface area contributed by atoms with Gasteiger partial charge in [-0.05, 0) is 61.8 Å². The molecule has 0 saturated carbocycles. The third-order valence-electron chi connectivity index (χ3n) is 3.99. The lowest BCUT2D eigenvalue weighted by atomic mass is 9.93. The molecule has 0 nitrogen and oxygen atoms in total. The number of halogens is 2. The molecular formula is C20H12ClI. The van der Waals surface area contributed by atoms with Gasteiger partial charge in [0.25, 0.3) is 0 Å². The predicted molar refractivity (Wildman–Crippen MR) is 105 cm³/mol. The Hall–Kier alpha value is -1.58. The van der Waals surface area contributed by atoms with Crippen molar-refractivity contribution in [2.75, 3.05) is 0 Å². The highest BCUT2D eigenvalue weighted by Gasteiger charge is 2.14. The van der Waals surface area contributed by atoms with Crippen molar-refractivity contribution in [1.29, 1.82) is 0 Å². The Balaban J connectivity index is 2.26. The van der Waals surface area contributed by atoms with E-state index in [1.807, 2.05) is 12.1 Å².